The third kappa shape index (κ3) is 3.29. The molecule has 0 radical (unpaired) electrons. The molecule has 3 fully saturated rings. The van der Waals surface area contributed by atoms with Crippen LogP contribution >= 0.6 is 0 Å². The molecule has 6 heteroatoms. The fourth-order valence-electron chi connectivity index (χ4n) is 5.06. The first-order valence-corrected chi connectivity index (χ1v) is 10.5. The predicted molar refractivity (Wildman–Crippen MR) is 106 cm³/mol. The second kappa shape index (κ2) is 7.57. The minimum atomic E-state index is -0.761. The van der Waals surface area contributed by atoms with E-state index in [0.29, 0.717) is 31.8 Å². The number of carbonyl (C=O) groups is 3. The van der Waals surface area contributed by atoms with Crippen molar-refractivity contribution in [2.45, 2.75) is 69.4 Å². The Labute approximate surface area is 166 Å². The average molecular weight is 383 g/mol. The van der Waals surface area contributed by atoms with Crippen molar-refractivity contribution < 1.29 is 14.4 Å². The van der Waals surface area contributed by atoms with E-state index in [2.05, 4.69) is 29.6 Å². The minimum Gasteiger partial charge on any atom is -0.341 e. The van der Waals surface area contributed by atoms with E-state index in [1.54, 1.807) is 6.92 Å². The van der Waals surface area contributed by atoms with Crippen LogP contribution in [0, 0.1) is 0 Å². The maximum absolute atomic E-state index is 13.1. The van der Waals surface area contributed by atoms with Gasteiger partial charge in [0, 0.05) is 13.1 Å². The molecule has 1 saturated carbocycles. The smallest absolute Gasteiger partial charge is 0.325 e. The summed E-state index contributed by atoms with van der Waals surface area (Å²) in [4.78, 5) is 41.6. The molecule has 28 heavy (non-hydrogen) atoms. The van der Waals surface area contributed by atoms with Crippen LogP contribution in [0.4, 0.5) is 4.79 Å². The molecule has 1 aromatic rings. The summed E-state index contributed by atoms with van der Waals surface area (Å²) in [5.41, 5.74) is 0.560. The van der Waals surface area contributed by atoms with E-state index in [1.165, 1.54) is 10.5 Å². The number of benzene rings is 1. The summed E-state index contributed by atoms with van der Waals surface area (Å²) in [6, 6.07) is 9.28. The van der Waals surface area contributed by atoms with E-state index in [0.717, 1.165) is 32.1 Å². The predicted octanol–water partition coefficient (Wildman–Crippen LogP) is 3.04. The Morgan fingerprint density at radius 2 is 1.79 bits per heavy atom. The summed E-state index contributed by atoms with van der Waals surface area (Å²) < 4.78 is 0. The first kappa shape index (κ1) is 19.0. The third-order valence-corrected chi connectivity index (χ3v) is 6.71. The number of imide groups is 1. The van der Waals surface area contributed by atoms with Crippen LogP contribution in [0.1, 0.15) is 63.4 Å². The van der Waals surface area contributed by atoms with E-state index in [1.807, 2.05) is 11.0 Å². The average Bonchev–Trinajstić information content (AvgIpc) is 3.16. The van der Waals surface area contributed by atoms with Crippen LogP contribution in [-0.2, 0) is 9.59 Å². The molecule has 2 saturated heterocycles. The zero-order chi connectivity index (χ0) is 19.7. The van der Waals surface area contributed by atoms with Crippen LogP contribution < -0.4 is 5.32 Å². The normalized spacial score (nSPS) is 25.7. The highest BCUT2D eigenvalue weighted by molar-refractivity contribution is 6.09. The van der Waals surface area contributed by atoms with Crippen molar-refractivity contribution in [1.29, 1.82) is 0 Å². The van der Waals surface area contributed by atoms with Crippen LogP contribution in [0.2, 0.25) is 0 Å². The van der Waals surface area contributed by atoms with Crippen molar-refractivity contribution in [3.05, 3.63) is 35.9 Å². The zero-order valence-corrected chi connectivity index (χ0v) is 16.5. The Balaban J connectivity index is 1.43. The maximum atomic E-state index is 13.1. The van der Waals surface area contributed by atoms with E-state index >= 15 is 0 Å². The summed E-state index contributed by atoms with van der Waals surface area (Å²) in [5, 5.41) is 2.88. The number of nitrogens with zero attached hydrogens (tertiary/aromatic N) is 2. The number of likely N-dealkylation sites (tertiary alicyclic amines) is 1. The van der Waals surface area contributed by atoms with Crippen LogP contribution in [0.3, 0.4) is 0 Å². The lowest BCUT2D eigenvalue weighted by atomic mass is 9.92. The van der Waals surface area contributed by atoms with Crippen molar-refractivity contribution in [3.8, 4) is 0 Å². The van der Waals surface area contributed by atoms with E-state index in [-0.39, 0.29) is 11.8 Å². The Kier molecular flexibility index (Phi) is 5.13. The molecule has 2 heterocycles. The molecule has 1 aromatic carbocycles. The van der Waals surface area contributed by atoms with Crippen molar-refractivity contribution in [1.82, 2.24) is 15.1 Å². The van der Waals surface area contributed by atoms with Crippen LogP contribution in [-0.4, -0.2) is 52.3 Å². The zero-order valence-electron chi connectivity index (χ0n) is 16.5. The van der Waals surface area contributed by atoms with Crippen molar-refractivity contribution in [2.24, 2.45) is 0 Å². The summed E-state index contributed by atoms with van der Waals surface area (Å²) in [6.07, 6.45) is 6.13. The van der Waals surface area contributed by atoms with Crippen LogP contribution in [0.15, 0.2) is 30.3 Å². The van der Waals surface area contributed by atoms with Gasteiger partial charge in [-0.15, -0.1) is 0 Å². The van der Waals surface area contributed by atoms with E-state index in [4.69, 9.17) is 0 Å². The largest absolute Gasteiger partial charge is 0.341 e. The first-order chi connectivity index (χ1) is 13.5. The number of amides is 4. The lowest BCUT2D eigenvalue weighted by Gasteiger charge is -2.29. The molecule has 4 amide bonds. The van der Waals surface area contributed by atoms with Gasteiger partial charge in [-0.05, 0) is 50.5 Å². The lowest BCUT2D eigenvalue weighted by Crippen LogP contribution is -2.51. The number of hydrogen-bond donors (Lipinski definition) is 1. The Bertz CT molecular complexity index is 758. The quantitative estimate of drug-likeness (QED) is 0.816. The highest BCUT2D eigenvalue weighted by Crippen LogP contribution is 2.36. The SMILES string of the molecule is C[C@H](C(=O)N1CCC[C@H](c2ccccc2)CC1)N1C(=O)NC2(CCCC2)C1=O. The standard InChI is InChI=1S/C22H29N3O3/c1-16(25-20(27)22(23-21(25)28)12-5-6-13-22)19(26)24-14-7-10-18(11-15-24)17-8-3-2-4-9-17/h2-4,8-9,16,18H,5-7,10-15H2,1H3,(H,23,28)/t16-,18+/m1/s1. The number of hydrogen-bond acceptors (Lipinski definition) is 3. The van der Waals surface area contributed by atoms with Gasteiger partial charge >= 0.3 is 6.03 Å². The monoisotopic (exact) mass is 383 g/mol. The second-order valence-corrected chi connectivity index (χ2v) is 8.43. The molecule has 0 aromatic heterocycles. The van der Waals surface area contributed by atoms with Crippen molar-refractivity contribution >= 4 is 17.8 Å². The van der Waals surface area contributed by atoms with Gasteiger partial charge in [-0.25, -0.2) is 9.69 Å². The van der Waals surface area contributed by atoms with Gasteiger partial charge in [0.05, 0.1) is 0 Å². The fraction of sp³-hybridized carbons (Fsp3) is 0.591. The lowest BCUT2D eigenvalue weighted by molar-refractivity contribution is -0.142. The maximum Gasteiger partial charge on any atom is 0.325 e. The molecule has 0 unspecified atom stereocenters. The first-order valence-electron chi connectivity index (χ1n) is 10.5. The number of rotatable bonds is 3. The molecule has 3 aliphatic rings. The van der Waals surface area contributed by atoms with Gasteiger partial charge in [0.15, 0.2) is 0 Å². The summed E-state index contributed by atoms with van der Waals surface area (Å²) >= 11 is 0. The summed E-state index contributed by atoms with van der Waals surface area (Å²) in [6.45, 7) is 3.03. The second-order valence-electron chi connectivity index (χ2n) is 8.43. The van der Waals surface area contributed by atoms with Gasteiger partial charge in [0.1, 0.15) is 11.6 Å². The number of urea groups is 1. The molecule has 1 spiro atoms. The van der Waals surface area contributed by atoms with Gasteiger partial charge in [-0.1, -0.05) is 43.2 Å². The fourth-order valence-corrected chi connectivity index (χ4v) is 5.06. The van der Waals surface area contributed by atoms with Gasteiger partial charge in [-0.3, -0.25) is 9.59 Å². The molecular weight excluding hydrogens is 354 g/mol. The Morgan fingerprint density at radius 1 is 1.07 bits per heavy atom. The Morgan fingerprint density at radius 3 is 2.50 bits per heavy atom. The van der Waals surface area contributed by atoms with Crippen molar-refractivity contribution in [2.75, 3.05) is 13.1 Å². The van der Waals surface area contributed by atoms with Gasteiger partial charge in [0.25, 0.3) is 5.91 Å². The third-order valence-electron chi connectivity index (χ3n) is 6.71. The molecule has 150 valence electrons. The molecule has 2 atom stereocenters. The molecular formula is C22H29N3O3. The van der Waals surface area contributed by atoms with E-state index < -0.39 is 17.6 Å². The molecule has 6 nitrogen and oxygen atoms in total. The summed E-state index contributed by atoms with van der Waals surface area (Å²) in [5.74, 6) is 0.118. The number of carbonyl (C=O) groups excluding carboxylic acids is 3. The van der Waals surface area contributed by atoms with Gasteiger partial charge in [-0.2, -0.15) is 0 Å². The molecule has 4 rings (SSSR count). The number of nitrogens with one attached hydrogen (secondary N) is 1. The van der Waals surface area contributed by atoms with Crippen molar-refractivity contribution in [3.63, 3.8) is 0 Å². The van der Waals surface area contributed by atoms with E-state index in [9.17, 15) is 14.4 Å². The van der Waals surface area contributed by atoms with Crippen LogP contribution in [0.25, 0.3) is 0 Å². The summed E-state index contributed by atoms with van der Waals surface area (Å²) in [7, 11) is 0. The molecule has 0 bridgehead atoms. The molecule has 2 aliphatic heterocycles. The minimum absolute atomic E-state index is 0.118. The molecule has 1 aliphatic carbocycles. The topological polar surface area (TPSA) is 69.7 Å². The highest BCUT2D eigenvalue weighted by Gasteiger charge is 2.54. The van der Waals surface area contributed by atoms with Crippen LogP contribution in [0.5, 0.6) is 0 Å². The Hall–Kier alpha value is -2.37. The van der Waals surface area contributed by atoms with Gasteiger partial charge < -0.3 is 10.2 Å². The highest BCUT2D eigenvalue weighted by atomic mass is 16.2. The molecule has 1 N–H and O–H groups in total. The van der Waals surface area contributed by atoms with Gasteiger partial charge in [0.2, 0.25) is 5.91 Å².